The van der Waals surface area contributed by atoms with Crippen LogP contribution in [0.15, 0.2) is 9.66 Å². The first-order chi connectivity index (χ1) is 21.8. The summed E-state index contributed by atoms with van der Waals surface area (Å²) in [5.74, 6) is -2.18. The molecule has 3 N–H and O–H groups in total. The summed E-state index contributed by atoms with van der Waals surface area (Å²) in [4.78, 5) is 0. The topological polar surface area (TPSA) is 116 Å². The van der Waals surface area contributed by atoms with E-state index in [4.69, 9.17) is 27.8 Å². The van der Waals surface area contributed by atoms with Crippen LogP contribution in [0.5, 0.6) is 0 Å². The van der Waals surface area contributed by atoms with E-state index in [9.17, 15) is 15.3 Å². The second kappa shape index (κ2) is 19.0. The lowest BCUT2D eigenvalue weighted by Gasteiger charge is -2.56. The molecule has 12 heteroatoms. The maximum absolute atomic E-state index is 12.1. The van der Waals surface area contributed by atoms with Crippen molar-refractivity contribution in [3.05, 3.63) is 9.66 Å². The maximum atomic E-state index is 12.1. The van der Waals surface area contributed by atoms with Gasteiger partial charge in [0.25, 0.3) is 0 Å². The van der Waals surface area contributed by atoms with E-state index >= 15 is 0 Å². The highest BCUT2D eigenvalue weighted by Crippen LogP contribution is 2.48. The van der Waals surface area contributed by atoms with Crippen molar-refractivity contribution in [3.8, 4) is 0 Å². The van der Waals surface area contributed by atoms with E-state index in [1.807, 2.05) is 6.92 Å². The van der Waals surface area contributed by atoms with Crippen LogP contribution in [-0.2, 0) is 27.8 Å². The van der Waals surface area contributed by atoms with Crippen molar-refractivity contribution in [1.82, 2.24) is 0 Å². The number of unbranched alkanes of at least 4 members (excludes halogenated alkanes) is 1. The first-order valence-corrected chi connectivity index (χ1v) is 24.7. The van der Waals surface area contributed by atoms with Crippen molar-refractivity contribution < 1.29 is 43.1 Å². The molecule has 286 valence electrons. The van der Waals surface area contributed by atoms with Crippen LogP contribution in [-0.4, -0.2) is 108 Å². The number of rotatable bonds is 19. The molecule has 1 heterocycles. The maximum Gasteiger partial charge on any atom is 0.202 e. The van der Waals surface area contributed by atoms with Crippen LogP contribution in [0.3, 0.4) is 0 Å². The van der Waals surface area contributed by atoms with Crippen molar-refractivity contribution in [3.63, 3.8) is 0 Å². The minimum atomic E-state index is -2.29. The standard InChI is InChI=1S/C36H73IO9Si2/c1-24(37)19-17-18-20-29(45-47(13,14)34(4,5)6)31(42-11)22-28(39)33(40)36(43-12)26(3)32(46-48(15,16)35(7,8)9)25(2)30(44-36)21-27(38)23-41-10/h19,25-33,38-40H,17-18,20-23H2,1-16H3/t25-,26+,27+,28-,29-,30+,31-,32-,33+,36+/m0/s1. The first-order valence-electron chi connectivity index (χ1n) is 17.8. The molecular formula is C36H73IO9Si2. The molecule has 0 bridgehead atoms. The number of allylic oxidation sites excluding steroid dienone is 2. The van der Waals surface area contributed by atoms with Crippen LogP contribution < -0.4 is 0 Å². The van der Waals surface area contributed by atoms with Crippen molar-refractivity contribution in [1.29, 1.82) is 0 Å². The highest BCUT2D eigenvalue weighted by Gasteiger charge is 2.59. The molecule has 0 radical (unpaired) electrons. The molecule has 0 saturated carbocycles. The van der Waals surface area contributed by atoms with Gasteiger partial charge in [-0.3, -0.25) is 0 Å². The van der Waals surface area contributed by atoms with Gasteiger partial charge in [0.1, 0.15) is 6.10 Å². The monoisotopic (exact) mass is 832 g/mol. The Morgan fingerprint density at radius 1 is 0.938 bits per heavy atom. The number of aliphatic hydroxyl groups is 3. The summed E-state index contributed by atoms with van der Waals surface area (Å²) in [7, 11) is 0.220. The third kappa shape index (κ3) is 12.3. The molecule has 48 heavy (non-hydrogen) atoms. The average Bonchev–Trinajstić information content (AvgIpc) is 2.95. The first kappa shape index (κ1) is 46.6. The van der Waals surface area contributed by atoms with Crippen molar-refractivity contribution in [2.75, 3.05) is 27.9 Å². The summed E-state index contributed by atoms with van der Waals surface area (Å²) >= 11 is 2.33. The Bertz CT molecular complexity index is 979. The van der Waals surface area contributed by atoms with Crippen molar-refractivity contribution in [2.45, 2.75) is 179 Å². The van der Waals surface area contributed by atoms with Crippen molar-refractivity contribution in [2.24, 2.45) is 11.8 Å². The molecule has 0 aromatic carbocycles. The van der Waals surface area contributed by atoms with Crippen molar-refractivity contribution >= 4 is 39.2 Å². The van der Waals surface area contributed by atoms with Gasteiger partial charge in [-0.05, 0) is 88.6 Å². The Kier molecular flexibility index (Phi) is 18.5. The van der Waals surface area contributed by atoms with E-state index in [2.05, 4.69) is 110 Å². The van der Waals surface area contributed by atoms with E-state index < -0.39 is 58.9 Å². The number of halogens is 1. The normalized spacial score (nSPS) is 28.2. The lowest BCUT2D eigenvalue weighted by atomic mass is 9.76. The molecule has 0 unspecified atom stereocenters. The van der Waals surface area contributed by atoms with Crippen LogP contribution in [0.2, 0.25) is 36.3 Å². The number of hydrogen-bond acceptors (Lipinski definition) is 9. The molecule has 1 aliphatic heterocycles. The van der Waals surface area contributed by atoms with E-state index in [-0.39, 0.29) is 47.7 Å². The lowest BCUT2D eigenvalue weighted by Crippen LogP contribution is -2.68. The van der Waals surface area contributed by atoms with Gasteiger partial charge in [0.2, 0.25) is 5.79 Å². The van der Waals surface area contributed by atoms with E-state index in [0.717, 1.165) is 19.3 Å². The van der Waals surface area contributed by atoms with Gasteiger partial charge >= 0.3 is 0 Å². The molecule has 0 aromatic rings. The molecule has 0 aliphatic carbocycles. The van der Waals surface area contributed by atoms with E-state index in [1.165, 1.54) is 10.7 Å². The Morgan fingerprint density at radius 2 is 1.50 bits per heavy atom. The van der Waals surface area contributed by atoms with Crippen LogP contribution in [0.1, 0.15) is 94.4 Å². The zero-order valence-electron chi connectivity index (χ0n) is 33.2. The fraction of sp³-hybridized carbons (Fsp3) is 0.944. The number of ether oxygens (including phenoxy) is 4. The fourth-order valence-electron chi connectivity index (χ4n) is 6.09. The predicted molar refractivity (Wildman–Crippen MR) is 209 cm³/mol. The molecule has 10 atom stereocenters. The van der Waals surface area contributed by atoms with Gasteiger partial charge in [-0.15, -0.1) is 0 Å². The van der Waals surface area contributed by atoms with E-state index in [1.54, 1.807) is 14.2 Å². The summed E-state index contributed by atoms with van der Waals surface area (Å²) in [5.41, 5.74) is 0. The molecule has 1 saturated heterocycles. The third-order valence-electron chi connectivity index (χ3n) is 11.3. The second-order valence-corrected chi connectivity index (χ2v) is 28.3. The molecule has 0 aromatic heterocycles. The zero-order chi connectivity index (χ0) is 37.5. The summed E-state index contributed by atoms with van der Waals surface area (Å²) in [6.07, 6.45) is 0.112. The molecule has 9 nitrogen and oxygen atoms in total. The smallest absolute Gasteiger partial charge is 0.202 e. The molecule has 1 aliphatic rings. The summed E-state index contributed by atoms with van der Waals surface area (Å²) in [6.45, 7) is 28.4. The minimum Gasteiger partial charge on any atom is -0.413 e. The average molecular weight is 833 g/mol. The van der Waals surface area contributed by atoms with Gasteiger partial charge in [-0.2, -0.15) is 0 Å². The Labute approximate surface area is 309 Å². The van der Waals surface area contributed by atoms with Gasteiger partial charge in [-0.1, -0.05) is 61.5 Å². The number of methoxy groups -OCH3 is 3. The zero-order valence-corrected chi connectivity index (χ0v) is 37.3. The second-order valence-electron chi connectivity index (χ2n) is 17.1. The number of aliphatic hydroxyl groups excluding tert-OH is 3. The third-order valence-corrected chi connectivity index (χ3v) is 20.7. The van der Waals surface area contributed by atoms with Gasteiger partial charge in [0.05, 0.1) is 43.2 Å². The van der Waals surface area contributed by atoms with E-state index in [0.29, 0.717) is 0 Å². The van der Waals surface area contributed by atoms with Crippen LogP contribution in [0, 0.1) is 11.8 Å². The van der Waals surface area contributed by atoms with Crippen LogP contribution in [0.25, 0.3) is 0 Å². The minimum absolute atomic E-state index is 0.00983. The molecule has 1 rings (SSSR count). The number of hydrogen-bond donors (Lipinski definition) is 3. The molecule has 0 spiro atoms. The molecular weight excluding hydrogens is 759 g/mol. The summed E-state index contributed by atoms with van der Waals surface area (Å²) in [6, 6.07) is 0. The fourth-order valence-corrected chi connectivity index (χ4v) is 9.23. The molecule has 0 amide bonds. The Morgan fingerprint density at radius 3 is 1.96 bits per heavy atom. The predicted octanol–water partition coefficient (Wildman–Crippen LogP) is 7.81. The quantitative estimate of drug-likeness (QED) is 0.0681. The highest BCUT2D eigenvalue weighted by molar-refractivity contribution is 14.1. The van der Waals surface area contributed by atoms with Crippen LogP contribution in [0.4, 0.5) is 0 Å². The highest BCUT2D eigenvalue weighted by atomic mass is 127. The summed E-state index contributed by atoms with van der Waals surface area (Å²) in [5, 5.41) is 34.7. The van der Waals surface area contributed by atoms with Gasteiger partial charge < -0.3 is 43.1 Å². The van der Waals surface area contributed by atoms with Gasteiger partial charge in [-0.25, -0.2) is 0 Å². The summed E-state index contributed by atoms with van der Waals surface area (Å²) < 4.78 is 39.4. The Hall–Kier alpha value is 0.544. The largest absolute Gasteiger partial charge is 0.413 e. The van der Waals surface area contributed by atoms with Gasteiger partial charge in [0.15, 0.2) is 16.6 Å². The van der Waals surface area contributed by atoms with Crippen LogP contribution >= 0.6 is 22.6 Å². The van der Waals surface area contributed by atoms with Gasteiger partial charge in [0, 0.05) is 46.0 Å². The molecule has 1 fully saturated rings. The Balaban J connectivity index is 3.53. The lowest BCUT2D eigenvalue weighted by molar-refractivity contribution is -0.369. The SMILES string of the molecule is COC[C@H](O)C[C@H]1O[C@@](OC)([C@H](O)[C@@H](O)C[C@H](OC)[C@H](CCCC=C(C)I)O[Si](C)(C)C(C)(C)C)[C@H](C)[C@@H](O[Si](C)(C)C(C)(C)C)[C@H]1C.